The first-order valence-electron chi connectivity index (χ1n) is 5.56. The van der Waals surface area contributed by atoms with Crippen molar-refractivity contribution in [1.82, 2.24) is 0 Å². The lowest BCUT2D eigenvalue weighted by Crippen LogP contribution is -2.29. The Bertz CT molecular complexity index is 605. The van der Waals surface area contributed by atoms with Crippen LogP contribution in [0, 0.1) is 0 Å². The molecule has 2 aromatic rings. The van der Waals surface area contributed by atoms with Gasteiger partial charge in [0.15, 0.2) is 5.92 Å². The van der Waals surface area contributed by atoms with Crippen LogP contribution in [0.4, 0.5) is 13.2 Å². The summed E-state index contributed by atoms with van der Waals surface area (Å²) >= 11 is 0. The fraction of sp³-hybridized carbons (Fsp3) is 0.214. The summed E-state index contributed by atoms with van der Waals surface area (Å²) in [6.07, 6.45) is -4.67. The van der Waals surface area contributed by atoms with Gasteiger partial charge in [0.05, 0.1) is 7.11 Å². The number of esters is 1. The van der Waals surface area contributed by atoms with Crippen LogP contribution < -0.4 is 0 Å². The molecule has 1 unspecified atom stereocenters. The molecule has 0 radical (unpaired) electrons. The number of alkyl halides is 3. The highest BCUT2D eigenvalue weighted by molar-refractivity contribution is 5.86. The van der Waals surface area contributed by atoms with Gasteiger partial charge in [-0.2, -0.15) is 13.2 Å². The van der Waals surface area contributed by atoms with E-state index < -0.39 is 18.1 Å². The molecule has 0 fully saturated rings. The lowest BCUT2D eigenvalue weighted by atomic mass is 9.96. The van der Waals surface area contributed by atoms with Crippen molar-refractivity contribution in [3.05, 3.63) is 48.0 Å². The number of carbonyl (C=O) groups excluding carboxylic acids is 1. The number of methoxy groups -OCH3 is 1. The van der Waals surface area contributed by atoms with Crippen molar-refractivity contribution in [2.24, 2.45) is 0 Å². The van der Waals surface area contributed by atoms with E-state index in [2.05, 4.69) is 4.74 Å². The minimum absolute atomic E-state index is 0.113. The van der Waals surface area contributed by atoms with Gasteiger partial charge in [0.1, 0.15) is 0 Å². The van der Waals surface area contributed by atoms with Crippen LogP contribution in [0.25, 0.3) is 10.8 Å². The van der Waals surface area contributed by atoms with Crippen LogP contribution in [0.1, 0.15) is 11.5 Å². The molecule has 0 bridgehead atoms. The number of fused-ring (bicyclic) bond motifs is 1. The molecule has 0 N–H and O–H groups in total. The highest BCUT2D eigenvalue weighted by atomic mass is 19.4. The van der Waals surface area contributed by atoms with Gasteiger partial charge in [0.25, 0.3) is 0 Å². The van der Waals surface area contributed by atoms with E-state index in [1.807, 2.05) is 0 Å². The van der Waals surface area contributed by atoms with E-state index in [4.69, 9.17) is 0 Å². The van der Waals surface area contributed by atoms with Gasteiger partial charge in [-0.1, -0.05) is 36.4 Å². The Labute approximate surface area is 107 Å². The molecular formula is C14H11F3O2. The summed E-state index contributed by atoms with van der Waals surface area (Å²) in [5, 5.41) is 1.47. The Morgan fingerprint density at radius 1 is 1.11 bits per heavy atom. The SMILES string of the molecule is COC(=O)C(c1ccc2ccccc2c1)C(F)(F)F. The van der Waals surface area contributed by atoms with Crippen molar-refractivity contribution < 1.29 is 22.7 Å². The number of hydrogen-bond donors (Lipinski definition) is 0. The molecular weight excluding hydrogens is 257 g/mol. The average Bonchev–Trinajstić information content (AvgIpc) is 2.37. The zero-order valence-corrected chi connectivity index (χ0v) is 10.1. The second-order valence-corrected chi connectivity index (χ2v) is 4.10. The Hall–Kier alpha value is -2.04. The van der Waals surface area contributed by atoms with Crippen LogP contribution in [0.2, 0.25) is 0 Å². The van der Waals surface area contributed by atoms with E-state index in [9.17, 15) is 18.0 Å². The van der Waals surface area contributed by atoms with Gasteiger partial charge in [-0.15, -0.1) is 0 Å². The summed E-state index contributed by atoms with van der Waals surface area (Å²) in [6.45, 7) is 0. The van der Waals surface area contributed by atoms with Crippen molar-refractivity contribution in [2.75, 3.05) is 7.11 Å². The summed E-state index contributed by atoms with van der Waals surface area (Å²) in [7, 11) is 0.947. The molecule has 0 saturated heterocycles. The molecule has 100 valence electrons. The molecule has 0 aliphatic heterocycles. The second-order valence-electron chi connectivity index (χ2n) is 4.10. The maximum atomic E-state index is 12.9. The summed E-state index contributed by atoms with van der Waals surface area (Å²) in [6, 6.07) is 11.2. The predicted octanol–water partition coefficient (Wildman–Crippen LogP) is 3.66. The number of hydrogen-bond acceptors (Lipinski definition) is 2. The van der Waals surface area contributed by atoms with Crippen LogP contribution in [-0.2, 0) is 9.53 Å². The van der Waals surface area contributed by atoms with Crippen molar-refractivity contribution >= 4 is 16.7 Å². The van der Waals surface area contributed by atoms with E-state index in [-0.39, 0.29) is 5.56 Å². The normalized spacial score (nSPS) is 13.3. The third kappa shape index (κ3) is 2.70. The molecule has 0 aliphatic carbocycles. The molecule has 0 aliphatic rings. The number of benzene rings is 2. The Morgan fingerprint density at radius 3 is 2.32 bits per heavy atom. The van der Waals surface area contributed by atoms with E-state index in [1.165, 1.54) is 12.1 Å². The maximum absolute atomic E-state index is 12.9. The quantitative estimate of drug-likeness (QED) is 0.777. The monoisotopic (exact) mass is 268 g/mol. The van der Waals surface area contributed by atoms with Gasteiger partial charge in [-0.3, -0.25) is 4.79 Å². The smallest absolute Gasteiger partial charge is 0.406 e. The van der Waals surface area contributed by atoms with Gasteiger partial charge in [-0.05, 0) is 22.4 Å². The maximum Gasteiger partial charge on any atom is 0.406 e. The molecule has 0 heterocycles. The molecule has 19 heavy (non-hydrogen) atoms. The molecule has 1 atom stereocenters. The van der Waals surface area contributed by atoms with Gasteiger partial charge in [0.2, 0.25) is 0 Å². The predicted molar refractivity (Wildman–Crippen MR) is 64.8 cm³/mol. The molecule has 0 amide bonds. The third-order valence-electron chi connectivity index (χ3n) is 2.87. The molecule has 0 spiro atoms. The standard InChI is InChI=1S/C14H11F3O2/c1-19-13(18)12(14(15,16)17)11-7-6-9-4-2-3-5-10(9)8-11/h2-8,12H,1H3. The largest absolute Gasteiger partial charge is 0.468 e. The second kappa shape index (κ2) is 4.91. The van der Waals surface area contributed by atoms with Crippen LogP contribution in [-0.4, -0.2) is 19.3 Å². The average molecular weight is 268 g/mol. The van der Waals surface area contributed by atoms with E-state index in [0.717, 1.165) is 12.5 Å². The Balaban J connectivity index is 2.53. The minimum Gasteiger partial charge on any atom is -0.468 e. The summed E-state index contributed by atoms with van der Waals surface area (Å²) < 4.78 is 43.1. The van der Waals surface area contributed by atoms with E-state index in [0.29, 0.717) is 5.39 Å². The van der Waals surface area contributed by atoms with Crippen molar-refractivity contribution in [3.8, 4) is 0 Å². The highest BCUT2D eigenvalue weighted by Gasteiger charge is 2.46. The Morgan fingerprint density at radius 2 is 1.74 bits per heavy atom. The zero-order valence-electron chi connectivity index (χ0n) is 10.1. The molecule has 0 aromatic heterocycles. The lowest BCUT2D eigenvalue weighted by molar-refractivity contribution is -0.179. The van der Waals surface area contributed by atoms with Crippen LogP contribution in [0.5, 0.6) is 0 Å². The molecule has 5 heteroatoms. The number of carbonyl (C=O) groups is 1. The summed E-state index contributed by atoms with van der Waals surface area (Å²) in [5.74, 6) is -3.55. The summed E-state index contributed by atoms with van der Waals surface area (Å²) in [4.78, 5) is 11.4. The molecule has 2 rings (SSSR count). The molecule has 2 aromatic carbocycles. The fourth-order valence-electron chi connectivity index (χ4n) is 1.96. The minimum atomic E-state index is -4.67. The first kappa shape index (κ1) is 13.4. The van der Waals surface area contributed by atoms with Crippen LogP contribution >= 0.6 is 0 Å². The summed E-state index contributed by atoms with van der Waals surface area (Å²) in [5.41, 5.74) is -0.113. The van der Waals surface area contributed by atoms with Crippen molar-refractivity contribution in [3.63, 3.8) is 0 Å². The highest BCUT2D eigenvalue weighted by Crippen LogP contribution is 2.36. The molecule has 2 nitrogen and oxygen atoms in total. The van der Waals surface area contributed by atoms with Gasteiger partial charge in [-0.25, -0.2) is 0 Å². The van der Waals surface area contributed by atoms with Crippen LogP contribution in [0.3, 0.4) is 0 Å². The van der Waals surface area contributed by atoms with Gasteiger partial charge < -0.3 is 4.74 Å². The first-order valence-corrected chi connectivity index (χ1v) is 5.56. The van der Waals surface area contributed by atoms with E-state index >= 15 is 0 Å². The zero-order chi connectivity index (χ0) is 14.0. The number of rotatable bonds is 2. The lowest BCUT2D eigenvalue weighted by Gasteiger charge is -2.18. The van der Waals surface area contributed by atoms with E-state index in [1.54, 1.807) is 30.3 Å². The van der Waals surface area contributed by atoms with Crippen molar-refractivity contribution in [1.29, 1.82) is 0 Å². The Kier molecular flexibility index (Phi) is 3.46. The molecule has 0 saturated carbocycles. The third-order valence-corrected chi connectivity index (χ3v) is 2.87. The number of ether oxygens (including phenoxy) is 1. The topological polar surface area (TPSA) is 26.3 Å². The number of halogens is 3. The van der Waals surface area contributed by atoms with Crippen LogP contribution in [0.15, 0.2) is 42.5 Å². The fourth-order valence-corrected chi connectivity index (χ4v) is 1.96. The van der Waals surface area contributed by atoms with Crippen molar-refractivity contribution in [2.45, 2.75) is 12.1 Å². The van der Waals surface area contributed by atoms with Gasteiger partial charge >= 0.3 is 12.1 Å². The van der Waals surface area contributed by atoms with Gasteiger partial charge in [0, 0.05) is 0 Å². The first-order chi connectivity index (χ1) is 8.93.